The van der Waals surface area contributed by atoms with E-state index in [2.05, 4.69) is 24.1 Å². The number of benzene rings is 3. The van der Waals surface area contributed by atoms with Gasteiger partial charge in [-0.15, -0.1) is 0 Å². The summed E-state index contributed by atoms with van der Waals surface area (Å²) in [6, 6.07) is 21.4. The molecule has 1 unspecified atom stereocenters. The molecule has 9 heteroatoms. The van der Waals surface area contributed by atoms with Gasteiger partial charge >= 0.3 is 12.4 Å². The third-order valence-electron chi connectivity index (χ3n) is 7.90. The van der Waals surface area contributed by atoms with E-state index in [9.17, 15) is 31.4 Å². The molecule has 0 aliphatic heterocycles. The number of ether oxygens (including phenoxy) is 1. The summed E-state index contributed by atoms with van der Waals surface area (Å²) < 4.78 is 86.6. The highest BCUT2D eigenvalue weighted by molar-refractivity contribution is 5.35. The lowest BCUT2D eigenvalue weighted by Gasteiger charge is -2.43. The minimum atomic E-state index is -4.98. The molecular formula is C31H33F6NO2. The molecule has 3 aromatic rings. The Morgan fingerprint density at radius 1 is 0.850 bits per heavy atom. The maximum absolute atomic E-state index is 13.4. The van der Waals surface area contributed by atoms with Crippen LogP contribution in [-0.4, -0.2) is 36.3 Å². The first kappa shape index (κ1) is 30.1. The summed E-state index contributed by atoms with van der Waals surface area (Å²) in [7, 11) is 2.08. The van der Waals surface area contributed by atoms with E-state index in [1.807, 2.05) is 48.5 Å². The maximum atomic E-state index is 13.4. The molecule has 216 valence electrons. The number of nitrogens with zero attached hydrogens (tertiary/aromatic N) is 1. The van der Waals surface area contributed by atoms with E-state index in [0.717, 1.165) is 37.8 Å². The van der Waals surface area contributed by atoms with Gasteiger partial charge in [0.2, 0.25) is 0 Å². The minimum Gasteiger partial charge on any atom is -0.393 e. The molecule has 1 aliphatic carbocycles. The van der Waals surface area contributed by atoms with Crippen molar-refractivity contribution in [2.75, 3.05) is 20.3 Å². The molecule has 3 nitrogen and oxygen atoms in total. The number of hydrogen-bond acceptors (Lipinski definition) is 3. The molecular weight excluding hydrogens is 532 g/mol. The van der Waals surface area contributed by atoms with E-state index in [4.69, 9.17) is 4.74 Å². The first-order valence-electron chi connectivity index (χ1n) is 13.2. The second-order valence-corrected chi connectivity index (χ2v) is 10.6. The van der Waals surface area contributed by atoms with Gasteiger partial charge in [-0.25, -0.2) is 0 Å². The second kappa shape index (κ2) is 12.3. The molecule has 4 rings (SSSR count). The molecule has 0 radical (unpaired) electrons. The van der Waals surface area contributed by atoms with Crippen molar-refractivity contribution in [2.24, 2.45) is 0 Å². The van der Waals surface area contributed by atoms with Crippen molar-refractivity contribution < 1.29 is 36.2 Å². The minimum absolute atomic E-state index is 0.0506. The Bertz CT molecular complexity index is 1190. The van der Waals surface area contributed by atoms with Crippen molar-refractivity contribution in [3.05, 3.63) is 107 Å². The van der Waals surface area contributed by atoms with Gasteiger partial charge in [0, 0.05) is 18.0 Å². The number of aliphatic hydroxyl groups is 1. The zero-order valence-corrected chi connectivity index (χ0v) is 22.2. The Labute approximate surface area is 230 Å². The molecule has 1 aliphatic rings. The van der Waals surface area contributed by atoms with Crippen LogP contribution in [-0.2, 0) is 29.0 Å². The average molecular weight is 566 g/mol. The molecule has 0 aromatic heterocycles. The van der Waals surface area contributed by atoms with Crippen LogP contribution in [0.1, 0.15) is 59.6 Å². The Morgan fingerprint density at radius 3 is 1.88 bits per heavy atom. The van der Waals surface area contributed by atoms with E-state index in [-0.39, 0.29) is 18.2 Å². The summed E-state index contributed by atoms with van der Waals surface area (Å²) in [5, 5.41) is 10.0. The first-order valence-corrected chi connectivity index (χ1v) is 13.2. The normalized spacial score (nSPS) is 21.0. The Morgan fingerprint density at radius 2 is 1.38 bits per heavy atom. The topological polar surface area (TPSA) is 32.7 Å². The summed E-state index contributed by atoms with van der Waals surface area (Å²) in [4.78, 5) is 2.31. The predicted octanol–water partition coefficient (Wildman–Crippen LogP) is 7.79. The van der Waals surface area contributed by atoms with Crippen molar-refractivity contribution >= 4 is 0 Å². The smallest absolute Gasteiger partial charge is 0.393 e. The Balaban J connectivity index is 1.54. The molecule has 3 aromatic carbocycles. The number of alkyl halides is 6. The zero-order valence-electron chi connectivity index (χ0n) is 22.2. The lowest BCUT2D eigenvalue weighted by atomic mass is 9.68. The van der Waals surface area contributed by atoms with Crippen LogP contribution in [0.15, 0.2) is 78.9 Å². The van der Waals surface area contributed by atoms with Gasteiger partial charge < -0.3 is 9.84 Å². The van der Waals surface area contributed by atoms with Crippen LogP contribution in [0.5, 0.6) is 0 Å². The van der Waals surface area contributed by atoms with Crippen molar-refractivity contribution in [3.8, 4) is 0 Å². The Hall–Kier alpha value is -2.88. The van der Waals surface area contributed by atoms with Gasteiger partial charge in [-0.3, -0.25) is 4.90 Å². The SMILES string of the molecule is CN(Cc1ccccc1)C1CCC(COC(CO)c2cc(C(F)(F)F)cc(C(F)(F)F)c2)(c2ccccc2)CC1. The third kappa shape index (κ3) is 7.25. The monoisotopic (exact) mass is 565 g/mol. The van der Waals surface area contributed by atoms with Crippen molar-refractivity contribution in [3.63, 3.8) is 0 Å². The molecule has 1 atom stereocenters. The van der Waals surface area contributed by atoms with E-state index in [1.165, 1.54) is 5.56 Å². The molecule has 0 amide bonds. The van der Waals surface area contributed by atoms with Gasteiger partial charge in [0.15, 0.2) is 0 Å². The summed E-state index contributed by atoms with van der Waals surface area (Å²) in [5.41, 5.74) is -1.51. The van der Waals surface area contributed by atoms with Gasteiger partial charge in [0.25, 0.3) is 0 Å². The van der Waals surface area contributed by atoms with Gasteiger partial charge in [-0.2, -0.15) is 26.3 Å². The highest BCUT2D eigenvalue weighted by atomic mass is 19.4. The molecule has 1 N–H and O–H groups in total. The van der Waals surface area contributed by atoms with Gasteiger partial charge in [0.05, 0.1) is 24.3 Å². The van der Waals surface area contributed by atoms with Crippen LogP contribution in [0.25, 0.3) is 0 Å². The Kier molecular flexibility index (Phi) is 9.27. The van der Waals surface area contributed by atoms with Crippen LogP contribution in [0.3, 0.4) is 0 Å². The van der Waals surface area contributed by atoms with Gasteiger partial charge in [-0.05, 0) is 67.6 Å². The molecule has 0 spiro atoms. The second-order valence-electron chi connectivity index (χ2n) is 10.6. The maximum Gasteiger partial charge on any atom is 0.416 e. The van der Waals surface area contributed by atoms with Crippen molar-refractivity contribution in [2.45, 2.75) is 62.1 Å². The third-order valence-corrected chi connectivity index (χ3v) is 7.90. The van der Waals surface area contributed by atoms with Crippen LogP contribution >= 0.6 is 0 Å². The predicted molar refractivity (Wildman–Crippen MR) is 141 cm³/mol. The highest BCUT2D eigenvalue weighted by Crippen LogP contribution is 2.43. The molecule has 40 heavy (non-hydrogen) atoms. The standard InChI is InChI=1S/C31H33F6NO2/c1-38(19-22-8-4-2-5-9-22)27-12-14-29(15-13-27,24-10-6-3-7-11-24)21-40-28(20-39)23-16-25(30(32,33)34)18-26(17-23)31(35,36)37/h2-11,16-18,27-28,39H,12-15,19-21H2,1H3. The molecule has 1 saturated carbocycles. The van der Waals surface area contributed by atoms with Crippen LogP contribution < -0.4 is 0 Å². The first-order chi connectivity index (χ1) is 18.9. The fraction of sp³-hybridized carbons (Fsp3) is 0.419. The van der Waals surface area contributed by atoms with E-state index >= 15 is 0 Å². The van der Waals surface area contributed by atoms with E-state index in [1.54, 1.807) is 0 Å². The van der Waals surface area contributed by atoms with Gasteiger partial charge in [0.1, 0.15) is 6.10 Å². The zero-order chi connectivity index (χ0) is 29.0. The summed E-state index contributed by atoms with van der Waals surface area (Å²) >= 11 is 0. The summed E-state index contributed by atoms with van der Waals surface area (Å²) in [5.74, 6) is 0. The number of aliphatic hydroxyl groups excluding tert-OH is 1. The van der Waals surface area contributed by atoms with E-state index in [0.29, 0.717) is 18.2 Å². The molecule has 0 bridgehead atoms. The quantitative estimate of drug-likeness (QED) is 0.269. The van der Waals surface area contributed by atoms with Crippen LogP contribution in [0, 0.1) is 0 Å². The number of hydrogen-bond donors (Lipinski definition) is 1. The lowest BCUT2D eigenvalue weighted by molar-refractivity contribution is -0.143. The lowest BCUT2D eigenvalue weighted by Crippen LogP contribution is -2.43. The van der Waals surface area contributed by atoms with Crippen molar-refractivity contribution in [1.29, 1.82) is 0 Å². The molecule has 0 heterocycles. The van der Waals surface area contributed by atoms with Crippen LogP contribution in [0.2, 0.25) is 0 Å². The average Bonchev–Trinajstić information content (AvgIpc) is 2.93. The van der Waals surface area contributed by atoms with Crippen molar-refractivity contribution in [1.82, 2.24) is 4.90 Å². The fourth-order valence-electron chi connectivity index (χ4n) is 5.58. The number of rotatable bonds is 9. The highest BCUT2D eigenvalue weighted by Gasteiger charge is 2.40. The largest absolute Gasteiger partial charge is 0.416 e. The van der Waals surface area contributed by atoms with E-state index < -0.39 is 41.6 Å². The number of halogens is 6. The summed E-state index contributed by atoms with van der Waals surface area (Å²) in [6.07, 6.45) is -8.19. The summed E-state index contributed by atoms with van der Waals surface area (Å²) in [6.45, 7) is 0.0882. The van der Waals surface area contributed by atoms with Gasteiger partial charge in [-0.1, -0.05) is 60.7 Å². The molecule has 1 fully saturated rings. The van der Waals surface area contributed by atoms with Crippen LogP contribution in [0.4, 0.5) is 26.3 Å². The molecule has 0 saturated heterocycles. The fourth-order valence-corrected chi connectivity index (χ4v) is 5.58.